The van der Waals surface area contributed by atoms with Gasteiger partial charge in [0, 0.05) is 16.7 Å². The first kappa shape index (κ1) is 19.4. The number of hydrogen-bond donors (Lipinski definition) is 1. The maximum atomic E-state index is 3.77. The van der Waals surface area contributed by atoms with Gasteiger partial charge >= 0.3 is 0 Å². The number of nitrogens with one attached hydrogen (secondary N) is 1. The van der Waals surface area contributed by atoms with E-state index >= 15 is 0 Å². The summed E-state index contributed by atoms with van der Waals surface area (Å²) in [5.41, 5.74) is 6.22. The Labute approximate surface area is 175 Å². The third-order valence-electron chi connectivity index (χ3n) is 5.13. The molecule has 2 heteroatoms. The molecule has 144 valence electrons. The fourth-order valence-electron chi connectivity index (χ4n) is 3.71. The lowest BCUT2D eigenvalue weighted by molar-refractivity contribution is 1.37. The second-order valence-electron chi connectivity index (χ2n) is 7.42. The molecule has 0 fully saturated rings. The number of aryl methyl sites for hydroxylation is 3. The summed E-state index contributed by atoms with van der Waals surface area (Å²) in [5.74, 6) is 0. The summed E-state index contributed by atoms with van der Waals surface area (Å²) in [4.78, 5) is 0. The van der Waals surface area contributed by atoms with Gasteiger partial charge in [-0.3, -0.25) is 0 Å². The first-order chi connectivity index (χ1) is 14.1. The van der Waals surface area contributed by atoms with E-state index in [1.807, 2.05) is 0 Å². The maximum absolute atomic E-state index is 3.77. The molecule has 0 amide bonds. The van der Waals surface area contributed by atoms with Crippen LogP contribution in [0.1, 0.15) is 16.7 Å². The molecule has 0 aliphatic rings. The highest BCUT2D eigenvalue weighted by molar-refractivity contribution is 7.80. The molecule has 0 atom stereocenters. The van der Waals surface area contributed by atoms with Crippen LogP contribution in [-0.2, 0) is 0 Å². The lowest BCUT2D eigenvalue weighted by atomic mass is 10.1. The minimum atomic E-state index is -0.668. The van der Waals surface area contributed by atoms with E-state index in [1.165, 1.54) is 38.3 Å². The Morgan fingerprint density at radius 2 is 1.14 bits per heavy atom. The number of rotatable bonds is 5. The van der Waals surface area contributed by atoms with Crippen LogP contribution < -0.4 is 21.2 Å². The van der Waals surface area contributed by atoms with Crippen molar-refractivity contribution in [3.8, 4) is 0 Å². The van der Waals surface area contributed by atoms with Crippen LogP contribution in [0.2, 0.25) is 0 Å². The monoisotopic (exact) mass is 395 g/mol. The Kier molecular flexibility index (Phi) is 5.79. The first-order valence-electron chi connectivity index (χ1n) is 9.97. The van der Waals surface area contributed by atoms with Crippen molar-refractivity contribution in [1.82, 2.24) is 0 Å². The van der Waals surface area contributed by atoms with Crippen LogP contribution in [0, 0.1) is 20.8 Å². The molecule has 0 saturated heterocycles. The standard InChI is InChI=1S/C27H26NP/c1-20-18-22(3)27(28-25-17-11-10-12-21(25)2)26(19-20)29(23-13-6-4-7-14-23)24-15-8-5-9-16-24/h4-19,28H,1-3H3. The number of anilines is 2. The van der Waals surface area contributed by atoms with Gasteiger partial charge in [0.25, 0.3) is 0 Å². The SMILES string of the molecule is Cc1cc(C)c(Nc2ccccc2C)c(P(c2ccccc2)c2ccccc2)c1. The lowest BCUT2D eigenvalue weighted by Gasteiger charge is -2.25. The third kappa shape index (κ3) is 4.26. The molecule has 0 aliphatic carbocycles. The Morgan fingerprint density at radius 3 is 1.72 bits per heavy atom. The topological polar surface area (TPSA) is 12.0 Å². The second kappa shape index (κ2) is 8.64. The van der Waals surface area contributed by atoms with E-state index in [0.717, 1.165) is 5.69 Å². The van der Waals surface area contributed by atoms with Crippen molar-refractivity contribution in [1.29, 1.82) is 0 Å². The summed E-state index contributed by atoms with van der Waals surface area (Å²) in [6, 6.07) is 34.9. The van der Waals surface area contributed by atoms with E-state index in [-0.39, 0.29) is 0 Å². The van der Waals surface area contributed by atoms with E-state index in [4.69, 9.17) is 0 Å². The minimum Gasteiger partial charge on any atom is -0.355 e. The van der Waals surface area contributed by atoms with Crippen LogP contribution in [0.15, 0.2) is 97.1 Å². The zero-order valence-electron chi connectivity index (χ0n) is 17.2. The molecule has 0 radical (unpaired) electrons. The molecule has 1 N–H and O–H groups in total. The van der Waals surface area contributed by atoms with Crippen LogP contribution in [0.5, 0.6) is 0 Å². The van der Waals surface area contributed by atoms with Crippen molar-refractivity contribution in [2.45, 2.75) is 20.8 Å². The number of benzene rings is 4. The second-order valence-corrected chi connectivity index (χ2v) is 9.61. The molecular formula is C27H26NP. The van der Waals surface area contributed by atoms with E-state index < -0.39 is 7.92 Å². The van der Waals surface area contributed by atoms with Gasteiger partial charge in [-0.1, -0.05) is 90.5 Å². The normalized spacial score (nSPS) is 10.9. The lowest BCUT2D eigenvalue weighted by Crippen LogP contribution is -2.23. The summed E-state index contributed by atoms with van der Waals surface area (Å²) >= 11 is 0. The van der Waals surface area contributed by atoms with Crippen molar-refractivity contribution < 1.29 is 0 Å². The molecule has 0 saturated carbocycles. The van der Waals surface area contributed by atoms with Crippen molar-refractivity contribution >= 4 is 35.2 Å². The highest BCUT2D eigenvalue weighted by Crippen LogP contribution is 2.38. The molecular weight excluding hydrogens is 369 g/mol. The molecule has 1 nitrogen and oxygen atoms in total. The van der Waals surface area contributed by atoms with Gasteiger partial charge in [-0.25, -0.2) is 0 Å². The molecule has 0 aromatic heterocycles. The van der Waals surface area contributed by atoms with Gasteiger partial charge in [0.15, 0.2) is 0 Å². The third-order valence-corrected chi connectivity index (χ3v) is 7.60. The molecule has 29 heavy (non-hydrogen) atoms. The Balaban J connectivity index is 1.92. The summed E-state index contributed by atoms with van der Waals surface area (Å²) in [5, 5.41) is 7.88. The average molecular weight is 395 g/mol. The molecule has 0 heterocycles. The van der Waals surface area contributed by atoms with E-state index in [2.05, 4.69) is 123 Å². The molecule has 4 rings (SSSR count). The van der Waals surface area contributed by atoms with Crippen LogP contribution in [0.4, 0.5) is 11.4 Å². The van der Waals surface area contributed by atoms with Crippen molar-refractivity contribution in [3.63, 3.8) is 0 Å². The summed E-state index contributed by atoms with van der Waals surface area (Å²) in [6.45, 7) is 6.56. The smallest absolute Gasteiger partial charge is 0.0499 e. The van der Waals surface area contributed by atoms with Gasteiger partial charge in [0.1, 0.15) is 0 Å². The minimum absolute atomic E-state index is 0.668. The van der Waals surface area contributed by atoms with Crippen LogP contribution >= 0.6 is 7.92 Å². The molecule has 0 aliphatic heterocycles. The van der Waals surface area contributed by atoms with Crippen LogP contribution in [0.3, 0.4) is 0 Å². The van der Waals surface area contributed by atoms with Crippen LogP contribution in [0.25, 0.3) is 0 Å². The van der Waals surface area contributed by atoms with Crippen molar-refractivity contribution in [3.05, 3.63) is 114 Å². The Hall–Kier alpha value is -2.89. The highest BCUT2D eigenvalue weighted by Gasteiger charge is 2.21. The fraction of sp³-hybridized carbons (Fsp3) is 0.111. The van der Waals surface area contributed by atoms with Gasteiger partial charge in [-0.2, -0.15) is 0 Å². The number of para-hydroxylation sites is 1. The molecule has 4 aromatic carbocycles. The zero-order valence-corrected chi connectivity index (χ0v) is 18.1. The highest BCUT2D eigenvalue weighted by atomic mass is 31.1. The predicted octanol–water partition coefficient (Wildman–Crippen LogP) is 6.11. The Morgan fingerprint density at radius 1 is 0.586 bits per heavy atom. The zero-order chi connectivity index (χ0) is 20.2. The summed E-state index contributed by atoms with van der Waals surface area (Å²) in [6.07, 6.45) is 0. The number of hydrogen-bond acceptors (Lipinski definition) is 1. The maximum Gasteiger partial charge on any atom is 0.0499 e. The van der Waals surface area contributed by atoms with Crippen molar-refractivity contribution in [2.75, 3.05) is 5.32 Å². The van der Waals surface area contributed by atoms with E-state index in [1.54, 1.807) is 0 Å². The summed E-state index contributed by atoms with van der Waals surface area (Å²) < 4.78 is 0. The fourth-order valence-corrected chi connectivity index (χ4v) is 6.30. The summed E-state index contributed by atoms with van der Waals surface area (Å²) in [7, 11) is -0.668. The first-order valence-corrected chi connectivity index (χ1v) is 11.3. The molecule has 0 spiro atoms. The van der Waals surface area contributed by atoms with Gasteiger partial charge in [-0.05, 0) is 62.6 Å². The largest absolute Gasteiger partial charge is 0.355 e. The van der Waals surface area contributed by atoms with Crippen molar-refractivity contribution in [2.24, 2.45) is 0 Å². The Bertz CT molecular complexity index is 1060. The van der Waals surface area contributed by atoms with Gasteiger partial charge < -0.3 is 5.32 Å². The van der Waals surface area contributed by atoms with Gasteiger partial charge in [-0.15, -0.1) is 0 Å². The molecule has 0 bridgehead atoms. The quantitative estimate of drug-likeness (QED) is 0.402. The van der Waals surface area contributed by atoms with Crippen LogP contribution in [-0.4, -0.2) is 0 Å². The molecule has 4 aromatic rings. The predicted molar refractivity (Wildman–Crippen MR) is 129 cm³/mol. The van der Waals surface area contributed by atoms with E-state index in [0.29, 0.717) is 0 Å². The average Bonchev–Trinajstić information content (AvgIpc) is 2.73. The van der Waals surface area contributed by atoms with E-state index in [9.17, 15) is 0 Å². The van der Waals surface area contributed by atoms with Gasteiger partial charge in [0.2, 0.25) is 0 Å². The molecule has 0 unspecified atom stereocenters. The van der Waals surface area contributed by atoms with Gasteiger partial charge in [0.05, 0.1) is 0 Å².